The monoisotopic (exact) mass is 298 g/mol. The van der Waals surface area contributed by atoms with Crippen LogP contribution in [0.4, 0.5) is 5.69 Å². The molecule has 1 aliphatic heterocycles. The molecule has 1 aromatic rings. The fourth-order valence-corrected chi connectivity index (χ4v) is 3.77. The third-order valence-electron chi connectivity index (χ3n) is 3.71. The molecule has 0 bridgehead atoms. The Labute approximate surface area is 125 Å². The van der Waals surface area contributed by atoms with Crippen molar-refractivity contribution in [3.63, 3.8) is 0 Å². The Morgan fingerprint density at radius 1 is 1.53 bits per heavy atom. The molecule has 1 aromatic carbocycles. The van der Waals surface area contributed by atoms with E-state index in [9.17, 15) is 0 Å². The zero-order valence-corrected chi connectivity index (χ0v) is 13.3. The molecule has 2 unspecified atom stereocenters. The maximum atomic E-state index is 6.47. The molecule has 106 valence electrons. The van der Waals surface area contributed by atoms with Crippen LogP contribution in [-0.2, 0) is 6.42 Å². The summed E-state index contributed by atoms with van der Waals surface area (Å²) in [6.07, 6.45) is 1.90. The van der Waals surface area contributed by atoms with Crippen molar-refractivity contribution < 1.29 is 0 Å². The predicted octanol–water partition coefficient (Wildman–Crippen LogP) is 3.56. The van der Waals surface area contributed by atoms with Crippen LogP contribution in [0.3, 0.4) is 0 Å². The van der Waals surface area contributed by atoms with Gasteiger partial charge >= 0.3 is 0 Å². The molecule has 1 heterocycles. The van der Waals surface area contributed by atoms with Gasteiger partial charge in [-0.2, -0.15) is 11.8 Å². The standard InChI is InChI=1S/C15H23ClN2S/c1-3-13(17)8-12-4-5-15(14(16)9-12)18-6-7-19-10-11(18)2/h4-5,9,11,13H,3,6-8,10,17H2,1-2H3. The molecule has 0 amide bonds. The zero-order valence-electron chi connectivity index (χ0n) is 11.7. The van der Waals surface area contributed by atoms with Crippen LogP contribution in [0.15, 0.2) is 18.2 Å². The van der Waals surface area contributed by atoms with E-state index in [4.69, 9.17) is 17.3 Å². The normalized spacial score (nSPS) is 21.5. The lowest BCUT2D eigenvalue weighted by Gasteiger charge is -2.35. The van der Waals surface area contributed by atoms with Crippen molar-refractivity contribution in [3.8, 4) is 0 Å². The quantitative estimate of drug-likeness (QED) is 0.921. The molecule has 2 N–H and O–H groups in total. The summed E-state index contributed by atoms with van der Waals surface area (Å²) in [5, 5.41) is 0.861. The highest BCUT2D eigenvalue weighted by Crippen LogP contribution is 2.31. The highest BCUT2D eigenvalue weighted by Gasteiger charge is 2.21. The number of nitrogens with zero attached hydrogens (tertiary/aromatic N) is 1. The van der Waals surface area contributed by atoms with Gasteiger partial charge in [-0.05, 0) is 37.5 Å². The number of hydrogen-bond acceptors (Lipinski definition) is 3. The van der Waals surface area contributed by atoms with E-state index >= 15 is 0 Å². The Hall–Kier alpha value is -0.380. The second-order valence-electron chi connectivity index (χ2n) is 5.28. The van der Waals surface area contributed by atoms with E-state index in [2.05, 4.69) is 36.9 Å². The molecule has 1 aliphatic rings. The summed E-state index contributed by atoms with van der Waals surface area (Å²) in [6, 6.07) is 7.20. The number of hydrogen-bond donors (Lipinski definition) is 1. The first kappa shape index (κ1) is 15.0. The van der Waals surface area contributed by atoms with E-state index < -0.39 is 0 Å². The molecule has 2 rings (SSSR count). The van der Waals surface area contributed by atoms with E-state index in [0.29, 0.717) is 6.04 Å². The Balaban J connectivity index is 2.14. The lowest BCUT2D eigenvalue weighted by Crippen LogP contribution is -2.40. The first-order valence-electron chi connectivity index (χ1n) is 7.00. The first-order valence-corrected chi connectivity index (χ1v) is 8.53. The highest BCUT2D eigenvalue weighted by atomic mass is 35.5. The molecule has 1 fully saturated rings. The van der Waals surface area contributed by atoms with Crippen molar-refractivity contribution in [2.45, 2.75) is 38.8 Å². The Kier molecular flexibility index (Phi) is 5.43. The molecule has 2 nitrogen and oxygen atoms in total. The summed E-state index contributed by atoms with van der Waals surface area (Å²) in [4.78, 5) is 2.42. The summed E-state index contributed by atoms with van der Waals surface area (Å²) in [5.74, 6) is 2.36. The Bertz CT molecular complexity index is 425. The molecule has 0 saturated carbocycles. The molecule has 0 radical (unpaired) electrons. The predicted molar refractivity (Wildman–Crippen MR) is 87.6 cm³/mol. The maximum absolute atomic E-state index is 6.47. The molecule has 19 heavy (non-hydrogen) atoms. The van der Waals surface area contributed by atoms with Gasteiger partial charge in [0.15, 0.2) is 0 Å². The van der Waals surface area contributed by atoms with Gasteiger partial charge in [-0.1, -0.05) is 24.6 Å². The molecule has 4 heteroatoms. The SMILES string of the molecule is CCC(N)Cc1ccc(N2CCSCC2C)c(Cl)c1. The number of anilines is 1. The first-order chi connectivity index (χ1) is 9.11. The smallest absolute Gasteiger partial charge is 0.0642 e. The van der Waals surface area contributed by atoms with Crippen LogP contribution < -0.4 is 10.6 Å². The van der Waals surface area contributed by atoms with E-state index in [0.717, 1.165) is 24.4 Å². The van der Waals surface area contributed by atoms with Gasteiger partial charge in [-0.3, -0.25) is 0 Å². The lowest BCUT2D eigenvalue weighted by molar-refractivity contribution is 0.646. The van der Waals surface area contributed by atoms with Crippen LogP contribution in [-0.4, -0.2) is 30.1 Å². The van der Waals surface area contributed by atoms with Crippen LogP contribution in [0, 0.1) is 0 Å². The summed E-state index contributed by atoms with van der Waals surface area (Å²) in [7, 11) is 0. The van der Waals surface area contributed by atoms with Gasteiger partial charge in [-0.15, -0.1) is 0 Å². The lowest BCUT2D eigenvalue weighted by atomic mass is 10.0. The third kappa shape index (κ3) is 3.80. The van der Waals surface area contributed by atoms with Crippen molar-refractivity contribution in [1.29, 1.82) is 0 Å². The van der Waals surface area contributed by atoms with Crippen molar-refractivity contribution in [1.82, 2.24) is 0 Å². The average molecular weight is 299 g/mol. The van der Waals surface area contributed by atoms with Crippen molar-refractivity contribution >= 4 is 29.1 Å². The van der Waals surface area contributed by atoms with Crippen LogP contribution in [0.2, 0.25) is 5.02 Å². The topological polar surface area (TPSA) is 29.3 Å². The maximum Gasteiger partial charge on any atom is 0.0642 e. The fraction of sp³-hybridized carbons (Fsp3) is 0.600. The molecule has 2 atom stereocenters. The number of rotatable bonds is 4. The van der Waals surface area contributed by atoms with Crippen LogP contribution >= 0.6 is 23.4 Å². The summed E-state index contributed by atoms with van der Waals surface area (Å²) < 4.78 is 0. The van der Waals surface area contributed by atoms with Crippen molar-refractivity contribution in [2.24, 2.45) is 5.73 Å². The van der Waals surface area contributed by atoms with E-state index in [1.54, 1.807) is 0 Å². The van der Waals surface area contributed by atoms with Gasteiger partial charge < -0.3 is 10.6 Å². The van der Waals surface area contributed by atoms with Gasteiger partial charge in [-0.25, -0.2) is 0 Å². The number of benzene rings is 1. The average Bonchev–Trinajstić information content (AvgIpc) is 2.40. The fourth-order valence-electron chi connectivity index (χ4n) is 2.44. The van der Waals surface area contributed by atoms with E-state index in [1.807, 2.05) is 11.8 Å². The number of nitrogens with two attached hydrogens (primary N) is 1. The molecular formula is C15H23ClN2S. The van der Waals surface area contributed by atoms with Gasteiger partial charge in [0.1, 0.15) is 0 Å². The largest absolute Gasteiger partial charge is 0.366 e. The second kappa shape index (κ2) is 6.87. The van der Waals surface area contributed by atoms with E-state index in [-0.39, 0.29) is 6.04 Å². The van der Waals surface area contributed by atoms with Crippen molar-refractivity contribution in [2.75, 3.05) is 23.0 Å². The van der Waals surface area contributed by atoms with Crippen LogP contribution in [0.1, 0.15) is 25.8 Å². The van der Waals surface area contributed by atoms with Gasteiger partial charge in [0.05, 0.1) is 10.7 Å². The molecule has 1 saturated heterocycles. The van der Waals surface area contributed by atoms with E-state index in [1.165, 1.54) is 22.8 Å². The van der Waals surface area contributed by atoms with Gasteiger partial charge in [0.2, 0.25) is 0 Å². The Morgan fingerprint density at radius 3 is 2.95 bits per heavy atom. The molecular weight excluding hydrogens is 276 g/mol. The summed E-state index contributed by atoms with van der Waals surface area (Å²) >= 11 is 8.49. The minimum atomic E-state index is 0.229. The minimum absolute atomic E-state index is 0.229. The molecule has 0 aromatic heterocycles. The van der Waals surface area contributed by atoms with Gasteiger partial charge in [0, 0.05) is 30.1 Å². The minimum Gasteiger partial charge on any atom is -0.366 e. The zero-order chi connectivity index (χ0) is 13.8. The van der Waals surface area contributed by atoms with Gasteiger partial charge in [0.25, 0.3) is 0 Å². The second-order valence-corrected chi connectivity index (χ2v) is 6.83. The molecule has 0 spiro atoms. The summed E-state index contributed by atoms with van der Waals surface area (Å²) in [6.45, 7) is 5.47. The number of halogens is 1. The molecule has 0 aliphatic carbocycles. The van der Waals surface area contributed by atoms with Crippen LogP contribution in [0.25, 0.3) is 0 Å². The Morgan fingerprint density at radius 2 is 2.32 bits per heavy atom. The van der Waals surface area contributed by atoms with Crippen molar-refractivity contribution in [3.05, 3.63) is 28.8 Å². The third-order valence-corrected chi connectivity index (χ3v) is 5.20. The highest BCUT2D eigenvalue weighted by molar-refractivity contribution is 7.99. The summed E-state index contributed by atoms with van der Waals surface area (Å²) in [5.41, 5.74) is 8.41. The number of thioether (sulfide) groups is 1. The van der Waals surface area contributed by atoms with Crippen LogP contribution in [0.5, 0.6) is 0 Å².